The molecule has 16 heavy (non-hydrogen) atoms. The van der Waals surface area contributed by atoms with Gasteiger partial charge in [0.15, 0.2) is 0 Å². The molecule has 0 aromatic rings. The smallest absolute Gasteiger partial charge is 0.352 e. The van der Waals surface area contributed by atoms with Crippen LogP contribution < -0.4 is 5.43 Å². The number of aliphatic carboxylic acids is 1. The first-order chi connectivity index (χ1) is 7.56. The van der Waals surface area contributed by atoms with Crippen LogP contribution >= 0.6 is 0 Å². The van der Waals surface area contributed by atoms with E-state index in [1.54, 1.807) is 7.11 Å². The quantitative estimate of drug-likeness (QED) is 0.748. The van der Waals surface area contributed by atoms with Gasteiger partial charge in [0.1, 0.15) is 5.71 Å². The first-order valence-corrected chi connectivity index (χ1v) is 5.61. The number of carbonyl (C=O) groups is 1. The summed E-state index contributed by atoms with van der Waals surface area (Å²) >= 11 is 0. The van der Waals surface area contributed by atoms with Crippen LogP contribution in [0.3, 0.4) is 0 Å². The van der Waals surface area contributed by atoms with Gasteiger partial charge < -0.3 is 15.3 Å². The molecule has 0 bridgehead atoms. The third-order valence-electron chi connectivity index (χ3n) is 3.67. The van der Waals surface area contributed by atoms with E-state index in [1.165, 1.54) is 0 Å². The number of carboxylic acids is 1. The fourth-order valence-electron chi connectivity index (χ4n) is 2.86. The van der Waals surface area contributed by atoms with Crippen molar-refractivity contribution in [2.75, 3.05) is 13.7 Å². The van der Waals surface area contributed by atoms with Crippen molar-refractivity contribution in [3.05, 3.63) is 0 Å². The van der Waals surface area contributed by atoms with Crippen LogP contribution in [0.2, 0.25) is 0 Å². The molecule has 1 saturated carbocycles. The maximum Gasteiger partial charge on any atom is 0.352 e. The second kappa shape index (κ2) is 4.05. The SMILES string of the molecule is COC[C@]1(C)CCC2C(C(=O)O)=NNC2C1. The van der Waals surface area contributed by atoms with Crippen molar-refractivity contribution in [3.8, 4) is 0 Å². The lowest BCUT2D eigenvalue weighted by molar-refractivity contribution is -0.129. The van der Waals surface area contributed by atoms with Gasteiger partial charge in [-0.25, -0.2) is 4.79 Å². The number of nitrogens with one attached hydrogen (secondary N) is 1. The van der Waals surface area contributed by atoms with Crippen LogP contribution in [0.15, 0.2) is 5.10 Å². The Morgan fingerprint density at radius 1 is 1.75 bits per heavy atom. The summed E-state index contributed by atoms with van der Waals surface area (Å²) in [6, 6.07) is 0.167. The first-order valence-electron chi connectivity index (χ1n) is 5.61. The third-order valence-corrected chi connectivity index (χ3v) is 3.67. The molecule has 0 spiro atoms. The van der Waals surface area contributed by atoms with E-state index in [1.807, 2.05) is 0 Å². The van der Waals surface area contributed by atoms with Crippen molar-refractivity contribution in [2.45, 2.75) is 32.2 Å². The summed E-state index contributed by atoms with van der Waals surface area (Å²) in [7, 11) is 1.71. The third kappa shape index (κ3) is 1.91. The topological polar surface area (TPSA) is 70.9 Å². The molecule has 1 heterocycles. The van der Waals surface area contributed by atoms with Crippen LogP contribution in [-0.4, -0.2) is 36.5 Å². The van der Waals surface area contributed by atoms with Crippen molar-refractivity contribution < 1.29 is 14.6 Å². The summed E-state index contributed by atoms with van der Waals surface area (Å²) < 4.78 is 5.23. The number of ether oxygens (including phenoxy) is 1. The molecule has 5 nitrogen and oxygen atoms in total. The molecule has 0 aromatic heterocycles. The fourth-order valence-corrected chi connectivity index (χ4v) is 2.86. The largest absolute Gasteiger partial charge is 0.477 e. The highest BCUT2D eigenvalue weighted by atomic mass is 16.5. The Hall–Kier alpha value is -1.10. The minimum atomic E-state index is -0.893. The number of rotatable bonds is 3. The minimum Gasteiger partial charge on any atom is -0.477 e. The van der Waals surface area contributed by atoms with Gasteiger partial charge in [-0.2, -0.15) is 5.10 Å². The highest BCUT2D eigenvalue weighted by Gasteiger charge is 2.44. The zero-order valence-electron chi connectivity index (χ0n) is 9.69. The van der Waals surface area contributed by atoms with E-state index in [9.17, 15) is 4.79 Å². The summed E-state index contributed by atoms with van der Waals surface area (Å²) in [4.78, 5) is 10.9. The standard InChI is InChI=1S/C11H18N2O3/c1-11(6-16-2)4-3-7-8(5-11)12-13-9(7)10(14)15/h7-8,12H,3-6H2,1-2H3,(H,14,15)/t7?,8?,11-/m1/s1. The van der Waals surface area contributed by atoms with Gasteiger partial charge in [-0.15, -0.1) is 0 Å². The van der Waals surface area contributed by atoms with Gasteiger partial charge in [0.2, 0.25) is 0 Å². The van der Waals surface area contributed by atoms with E-state index >= 15 is 0 Å². The summed E-state index contributed by atoms with van der Waals surface area (Å²) in [5.74, 6) is -0.822. The van der Waals surface area contributed by atoms with Gasteiger partial charge in [0, 0.05) is 13.0 Å². The van der Waals surface area contributed by atoms with Gasteiger partial charge in [-0.05, 0) is 24.7 Å². The van der Waals surface area contributed by atoms with Gasteiger partial charge >= 0.3 is 5.97 Å². The molecule has 1 fully saturated rings. The van der Waals surface area contributed by atoms with Crippen molar-refractivity contribution >= 4 is 11.7 Å². The molecule has 2 aliphatic rings. The van der Waals surface area contributed by atoms with E-state index in [0.29, 0.717) is 5.71 Å². The number of methoxy groups -OCH3 is 1. The van der Waals surface area contributed by atoms with Gasteiger partial charge in [0.25, 0.3) is 0 Å². The Morgan fingerprint density at radius 2 is 2.50 bits per heavy atom. The molecule has 0 saturated heterocycles. The second-order valence-corrected chi connectivity index (χ2v) is 5.13. The molecular formula is C11H18N2O3. The van der Waals surface area contributed by atoms with Crippen molar-refractivity contribution in [1.29, 1.82) is 0 Å². The number of hydrogen-bond acceptors (Lipinski definition) is 4. The molecule has 3 atom stereocenters. The Morgan fingerprint density at radius 3 is 3.12 bits per heavy atom. The molecule has 2 rings (SSSR count). The molecule has 2 unspecified atom stereocenters. The van der Waals surface area contributed by atoms with Gasteiger partial charge in [-0.3, -0.25) is 0 Å². The highest BCUT2D eigenvalue weighted by Crippen LogP contribution is 2.41. The number of carboxylic acid groups (broad SMARTS) is 1. The van der Waals surface area contributed by atoms with Crippen LogP contribution in [0.1, 0.15) is 26.2 Å². The average molecular weight is 226 g/mol. The molecule has 0 aromatic carbocycles. The maximum absolute atomic E-state index is 10.9. The fraction of sp³-hybridized carbons (Fsp3) is 0.818. The van der Waals surface area contributed by atoms with Crippen LogP contribution in [0.4, 0.5) is 0 Å². The zero-order valence-corrected chi connectivity index (χ0v) is 9.69. The summed E-state index contributed by atoms with van der Waals surface area (Å²) in [6.07, 6.45) is 2.80. The molecular weight excluding hydrogens is 208 g/mol. The minimum absolute atomic E-state index is 0.0717. The predicted octanol–water partition coefficient (Wildman–Crippen LogP) is 0.852. The summed E-state index contributed by atoms with van der Waals surface area (Å²) in [6.45, 7) is 2.91. The van der Waals surface area contributed by atoms with Crippen LogP contribution in [-0.2, 0) is 9.53 Å². The molecule has 0 amide bonds. The number of hydrazone groups is 1. The van der Waals surface area contributed by atoms with E-state index in [2.05, 4.69) is 17.5 Å². The Labute approximate surface area is 94.9 Å². The summed E-state index contributed by atoms with van der Waals surface area (Å²) in [5.41, 5.74) is 3.40. The monoisotopic (exact) mass is 226 g/mol. The average Bonchev–Trinajstić information content (AvgIpc) is 2.60. The highest BCUT2D eigenvalue weighted by molar-refractivity contribution is 6.37. The first kappa shape index (κ1) is 11.4. The molecule has 5 heteroatoms. The lowest BCUT2D eigenvalue weighted by atomic mass is 9.69. The lowest BCUT2D eigenvalue weighted by Gasteiger charge is -2.39. The normalized spacial score (nSPS) is 37.5. The maximum atomic E-state index is 10.9. The molecule has 1 aliphatic carbocycles. The molecule has 2 N–H and O–H groups in total. The van der Waals surface area contributed by atoms with Crippen molar-refractivity contribution in [1.82, 2.24) is 5.43 Å². The Bertz CT molecular complexity index is 329. The van der Waals surface area contributed by atoms with E-state index in [-0.39, 0.29) is 17.4 Å². The van der Waals surface area contributed by atoms with E-state index in [0.717, 1.165) is 25.9 Å². The molecule has 90 valence electrons. The Balaban J connectivity index is 2.04. The van der Waals surface area contributed by atoms with Gasteiger partial charge in [-0.1, -0.05) is 6.92 Å². The molecule has 1 aliphatic heterocycles. The number of nitrogens with zero attached hydrogens (tertiary/aromatic N) is 1. The van der Waals surface area contributed by atoms with E-state index < -0.39 is 5.97 Å². The van der Waals surface area contributed by atoms with Crippen molar-refractivity contribution in [2.24, 2.45) is 16.4 Å². The second-order valence-electron chi connectivity index (χ2n) is 5.13. The van der Waals surface area contributed by atoms with Crippen LogP contribution in [0, 0.1) is 11.3 Å². The lowest BCUT2D eigenvalue weighted by Crippen LogP contribution is -2.43. The van der Waals surface area contributed by atoms with Crippen LogP contribution in [0.5, 0.6) is 0 Å². The van der Waals surface area contributed by atoms with E-state index in [4.69, 9.17) is 9.84 Å². The zero-order chi connectivity index (χ0) is 11.8. The molecule has 0 radical (unpaired) electrons. The van der Waals surface area contributed by atoms with Gasteiger partial charge in [0.05, 0.1) is 12.6 Å². The number of fused-ring (bicyclic) bond motifs is 1. The summed E-state index contributed by atoms with van der Waals surface area (Å²) in [5, 5.41) is 12.9. The number of hydrogen-bond donors (Lipinski definition) is 2. The predicted molar refractivity (Wildman–Crippen MR) is 59.3 cm³/mol. The van der Waals surface area contributed by atoms with Crippen LogP contribution in [0.25, 0.3) is 0 Å². The Kier molecular flexibility index (Phi) is 2.88. The van der Waals surface area contributed by atoms with Crippen molar-refractivity contribution in [3.63, 3.8) is 0 Å².